The van der Waals surface area contributed by atoms with Crippen molar-refractivity contribution in [3.63, 3.8) is 0 Å². The molecule has 1 aliphatic carbocycles. The lowest BCUT2D eigenvalue weighted by atomic mass is 10.1. The average Bonchev–Trinajstić information content (AvgIpc) is 3.04. The van der Waals surface area contributed by atoms with Crippen molar-refractivity contribution in [2.75, 3.05) is 13.6 Å². The predicted molar refractivity (Wildman–Crippen MR) is 71.7 cm³/mol. The van der Waals surface area contributed by atoms with Crippen LogP contribution in [0.2, 0.25) is 0 Å². The minimum absolute atomic E-state index is 0.223. The van der Waals surface area contributed by atoms with E-state index < -0.39 is 0 Å². The van der Waals surface area contributed by atoms with Crippen molar-refractivity contribution in [3.05, 3.63) is 35.4 Å². The van der Waals surface area contributed by atoms with Crippen LogP contribution in [0.1, 0.15) is 29.3 Å². The Balaban J connectivity index is 2.01. The van der Waals surface area contributed by atoms with E-state index in [1.807, 2.05) is 24.3 Å². The van der Waals surface area contributed by atoms with Crippen molar-refractivity contribution in [1.29, 1.82) is 0 Å². The molecular formula is C14H21N3O. The zero-order chi connectivity index (χ0) is 13.1. The Morgan fingerprint density at radius 2 is 2.17 bits per heavy atom. The fraction of sp³-hybridized carbons (Fsp3) is 0.500. The Morgan fingerprint density at radius 3 is 2.78 bits per heavy atom. The lowest BCUT2D eigenvalue weighted by Gasteiger charge is -2.18. The second kappa shape index (κ2) is 5.50. The summed E-state index contributed by atoms with van der Waals surface area (Å²) in [5.74, 6) is 6.66. The van der Waals surface area contributed by atoms with E-state index >= 15 is 0 Å². The molecule has 1 saturated carbocycles. The van der Waals surface area contributed by atoms with E-state index in [1.54, 1.807) is 0 Å². The molecule has 1 aliphatic rings. The third-order valence-corrected chi connectivity index (χ3v) is 3.66. The lowest BCUT2D eigenvalue weighted by Crippen LogP contribution is -2.31. The van der Waals surface area contributed by atoms with E-state index in [9.17, 15) is 4.79 Å². The summed E-state index contributed by atoms with van der Waals surface area (Å²) in [6.45, 7) is 4.17. The molecule has 0 aromatic heterocycles. The highest BCUT2D eigenvalue weighted by atomic mass is 16.2. The fourth-order valence-corrected chi connectivity index (χ4v) is 2.37. The molecule has 0 radical (unpaired) electrons. The smallest absolute Gasteiger partial charge is 0.265 e. The quantitative estimate of drug-likeness (QED) is 0.469. The maximum Gasteiger partial charge on any atom is 0.265 e. The van der Waals surface area contributed by atoms with E-state index in [0.717, 1.165) is 30.5 Å². The van der Waals surface area contributed by atoms with Gasteiger partial charge in [0.2, 0.25) is 0 Å². The topological polar surface area (TPSA) is 58.4 Å². The number of hydrazine groups is 1. The number of nitrogen functional groups attached to an aromatic ring is 1. The van der Waals surface area contributed by atoms with Crippen LogP contribution >= 0.6 is 0 Å². The second-order valence-electron chi connectivity index (χ2n) is 5.30. The van der Waals surface area contributed by atoms with Crippen LogP contribution in [0.5, 0.6) is 0 Å². The molecule has 2 unspecified atom stereocenters. The van der Waals surface area contributed by atoms with Gasteiger partial charge in [0, 0.05) is 18.7 Å². The maximum absolute atomic E-state index is 11.6. The van der Waals surface area contributed by atoms with Crippen LogP contribution in [0, 0.1) is 11.8 Å². The number of hydrogen-bond donors (Lipinski definition) is 2. The number of hydrogen-bond acceptors (Lipinski definition) is 3. The largest absolute Gasteiger partial charge is 0.302 e. The molecule has 1 fully saturated rings. The van der Waals surface area contributed by atoms with E-state index in [4.69, 9.17) is 5.84 Å². The molecular weight excluding hydrogens is 226 g/mol. The summed E-state index contributed by atoms with van der Waals surface area (Å²) in [6.07, 6.45) is 1.33. The van der Waals surface area contributed by atoms with Gasteiger partial charge in [0.25, 0.3) is 5.91 Å². The molecule has 4 nitrogen and oxygen atoms in total. The van der Waals surface area contributed by atoms with Crippen molar-refractivity contribution in [2.24, 2.45) is 17.7 Å². The molecule has 1 aromatic carbocycles. The lowest BCUT2D eigenvalue weighted by molar-refractivity contribution is 0.0952. The van der Waals surface area contributed by atoms with Crippen LogP contribution in [-0.4, -0.2) is 24.4 Å². The summed E-state index contributed by atoms with van der Waals surface area (Å²) in [7, 11) is 2.10. The number of carbonyl (C=O) groups excluding carboxylic acids is 1. The monoisotopic (exact) mass is 247 g/mol. The molecule has 0 spiro atoms. The Morgan fingerprint density at radius 1 is 1.50 bits per heavy atom. The van der Waals surface area contributed by atoms with Gasteiger partial charge in [0.05, 0.1) is 0 Å². The first kappa shape index (κ1) is 13.1. The zero-order valence-corrected chi connectivity index (χ0v) is 11.0. The zero-order valence-electron chi connectivity index (χ0n) is 11.0. The molecule has 0 heterocycles. The summed E-state index contributed by atoms with van der Waals surface area (Å²) in [5, 5.41) is 0. The normalized spacial score (nSPS) is 22.0. The van der Waals surface area contributed by atoms with Gasteiger partial charge in [0.15, 0.2) is 0 Å². The first-order chi connectivity index (χ1) is 8.61. The molecule has 98 valence electrons. The second-order valence-corrected chi connectivity index (χ2v) is 5.30. The molecule has 18 heavy (non-hydrogen) atoms. The van der Waals surface area contributed by atoms with Crippen LogP contribution in [-0.2, 0) is 6.54 Å². The van der Waals surface area contributed by atoms with E-state index in [0.29, 0.717) is 5.56 Å². The number of nitrogens with zero attached hydrogens (tertiary/aromatic N) is 1. The van der Waals surface area contributed by atoms with E-state index in [-0.39, 0.29) is 5.91 Å². The molecule has 4 heteroatoms. The summed E-state index contributed by atoms with van der Waals surface area (Å²) in [5.41, 5.74) is 3.88. The fourth-order valence-electron chi connectivity index (χ4n) is 2.37. The predicted octanol–water partition coefficient (Wildman–Crippen LogP) is 1.38. The van der Waals surface area contributed by atoms with Crippen molar-refractivity contribution < 1.29 is 4.79 Å². The number of nitrogens with one attached hydrogen (secondary N) is 1. The molecule has 3 N–H and O–H groups in total. The van der Waals surface area contributed by atoms with Crippen LogP contribution in [0.4, 0.5) is 0 Å². The maximum atomic E-state index is 11.6. The Bertz CT molecular complexity index is 433. The minimum Gasteiger partial charge on any atom is -0.302 e. The standard InChI is InChI=1S/C14H21N3O/c1-10-7-12(10)9-17(2)8-11-5-3-4-6-13(11)14(18)16-15/h3-6,10,12H,7-9,15H2,1-2H3,(H,16,18). The number of nitrogens with two attached hydrogens (primary N) is 1. The van der Waals surface area contributed by atoms with Gasteiger partial charge >= 0.3 is 0 Å². The Hall–Kier alpha value is -1.39. The van der Waals surface area contributed by atoms with E-state index in [2.05, 4.69) is 24.3 Å². The highest BCUT2D eigenvalue weighted by Crippen LogP contribution is 2.38. The van der Waals surface area contributed by atoms with Gasteiger partial charge in [-0.1, -0.05) is 25.1 Å². The van der Waals surface area contributed by atoms with Crippen LogP contribution in [0.3, 0.4) is 0 Å². The Labute approximate surface area is 108 Å². The molecule has 2 rings (SSSR count). The summed E-state index contributed by atoms with van der Waals surface area (Å²) >= 11 is 0. The van der Waals surface area contributed by atoms with Crippen molar-refractivity contribution in [3.8, 4) is 0 Å². The SMILES string of the molecule is CC1CC1CN(C)Cc1ccccc1C(=O)NN. The molecule has 0 saturated heterocycles. The van der Waals surface area contributed by atoms with Gasteiger partial charge in [-0.2, -0.15) is 0 Å². The van der Waals surface area contributed by atoms with Crippen LogP contribution in [0.15, 0.2) is 24.3 Å². The van der Waals surface area contributed by atoms with Gasteiger partial charge < -0.3 is 4.90 Å². The minimum atomic E-state index is -0.223. The first-order valence-corrected chi connectivity index (χ1v) is 6.39. The van der Waals surface area contributed by atoms with Gasteiger partial charge in [-0.3, -0.25) is 10.2 Å². The molecule has 0 aliphatic heterocycles. The molecule has 1 amide bonds. The highest BCUT2D eigenvalue weighted by molar-refractivity contribution is 5.95. The summed E-state index contributed by atoms with van der Waals surface area (Å²) in [6, 6.07) is 7.61. The molecule has 2 atom stereocenters. The molecule has 0 bridgehead atoms. The van der Waals surface area contributed by atoms with Crippen LogP contribution < -0.4 is 11.3 Å². The van der Waals surface area contributed by atoms with Crippen LogP contribution in [0.25, 0.3) is 0 Å². The number of amides is 1. The number of benzene rings is 1. The van der Waals surface area contributed by atoms with Gasteiger partial charge in [-0.25, -0.2) is 5.84 Å². The van der Waals surface area contributed by atoms with E-state index in [1.165, 1.54) is 6.42 Å². The average molecular weight is 247 g/mol. The Kier molecular flexibility index (Phi) is 3.99. The van der Waals surface area contributed by atoms with Gasteiger partial charge in [0.1, 0.15) is 0 Å². The van der Waals surface area contributed by atoms with Gasteiger partial charge in [-0.05, 0) is 36.9 Å². The highest BCUT2D eigenvalue weighted by Gasteiger charge is 2.33. The third-order valence-electron chi connectivity index (χ3n) is 3.66. The summed E-state index contributed by atoms with van der Waals surface area (Å²) in [4.78, 5) is 13.9. The number of rotatable bonds is 5. The van der Waals surface area contributed by atoms with Crippen molar-refractivity contribution in [1.82, 2.24) is 10.3 Å². The third kappa shape index (κ3) is 3.09. The number of carbonyl (C=O) groups is 1. The first-order valence-electron chi connectivity index (χ1n) is 6.39. The summed E-state index contributed by atoms with van der Waals surface area (Å²) < 4.78 is 0. The van der Waals surface area contributed by atoms with Crippen molar-refractivity contribution in [2.45, 2.75) is 19.9 Å². The van der Waals surface area contributed by atoms with Crippen molar-refractivity contribution >= 4 is 5.91 Å². The van der Waals surface area contributed by atoms with Gasteiger partial charge in [-0.15, -0.1) is 0 Å². The molecule has 1 aromatic rings.